The van der Waals surface area contributed by atoms with E-state index in [-0.39, 0.29) is 112 Å². The number of nitrogens with one attached hydrogen (secondary N) is 2. The third-order valence-corrected chi connectivity index (χ3v) is 15.3. The lowest BCUT2D eigenvalue weighted by molar-refractivity contribution is 0.412. The molecule has 4 aromatic carbocycles. The lowest BCUT2D eigenvalue weighted by atomic mass is 10.0. The van der Waals surface area contributed by atoms with Crippen LogP contribution in [0.5, 0.6) is 23.0 Å². The third kappa shape index (κ3) is 9.12. The van der Waals surface area contributed by atoms with Crippen LogP contribution in [-0.4, -0.2) is 100 Å². The molecule has 24 heteroatoms. The molecule has 5 heterocycles. The predicted molar refractivity (Wildman–Crippen MR) is 266 cm³/mol. The first kappa shape index (κ1) is 49.3. The summed E-state index contributed by atoms with van der Waals surface area (Å²) in [5.74, 6) is 0.220. The molecule has 8 bridgehead atoms. The molecule has 3 aromatic heterocycles. The maximum absolute atomic E-state index is 13.2. The zero-order valence-electron chi connectivity index (χ0n) is 37.8. The van der Waals surface area contributed by atoms with Crippen LogP contribution in [0.2, 0.25) is 0 Å². The second-order valence-corrected chi connectivity index (χ2v) is 21.4. The first-order valence-electron chi connectivity index (χ1n) is 20.8. The second kappa shape index (κ2) is 18.2. The van der Waals surface area contributed by atoms with Gasteiger partial charge in [-0.25, -0.2) is 9.97 Å². The van der Waals surface area contributed by atoms with Crippen LogP contribution in [0.15, 0.2) is 117 Å². The van der Waals surface area contributed by atoms with Gasteiger partial charge in [-0.3, -0.25) is 18.2 Å². The highest BCUT2D eigenvalue weighted by Gasteiger charge is 2.29. The van der Waals surface area contributed by atoms with Crippen molar-refractivity contribution in [2.75, 3.05) is 28.4 Å². The van der Waals surface area contributed by atoms with Crippen molar-refractivity contribution in [3.63, 3.8) is 0 Å². The van der Waals surface area contributed by atoms with Crippen LogP contribution in [0.4, 0.5) is 0 Å². The fourth-order valence-corrected chi connectivity index (χ4v) is 11.4. The number of methoxy groups -OCH3 is 4. The summed E-state index contributed by atoms with van der Waals surface area (Å²) in [6.45, 7) is 0. The Kier molecular flexibility index (Phi) is 12.4. The van der Waals surface area contributed by atoms with Crippen LogP contribution >= 0.6 is 0 Å². The zero-order chi connectivity index (χ0) is 51.7. The molecule has 9 rings (SSSR count). The highest BCUT2D eigenvalue weighted by molar-refractivity contribution is 7.86. The van der Waals surface area contributed by atoms with Crippen LogP contribution in [0.25, 0.3) is 90.9 Å². The van der Waals surface area contributed by atoms with Gasteiger partial charge in [-0.2, -0.15) is 33.7 Å². The number of hydrogen-bond acceptors (Lipinski definition) is 14. The minimum atomic E-state index is -5.05. The van der Waals surface area contributed by atoms with Crippen LogP contribution in [-0.2, 0) is 40.5 Å². The Morgan fingerprint density at radius 2 is 0.556 bits per heavy atom. The maximum Gasteiger partial charge on any atom is 0.295 e. The first-order valence-corrected chi connectivity index (χ1v) is 26.6. The summed E-state index contributed by atoms with van der Waals surface area (Å²) in [4.78, 5) is 13.9. The molecular weight excluding hydrogens is 1020 g/mol. The van der Waals surface area contributed by atoms with Gasteiger partial charge in [0.15, 0.2) is 0 Å². The molecule has 0 amide bonds. The van der Waals surface area contributed by atoms with Crippen LogP contribution in [0, 0.1) is 0 Å². The Morgan fingerprint density at radius 1 is 0.347 bits per heavy atom. The van der Waals surface area contributed by atoms with Gasteiger partial charge in [0.25, 0.3) is 40.5 Å². The van der Waals surface area contributed by atoms with E-state index < -0.39 is 60.1 Å². The number of rotatable bonds is 12. The number of aromatic amines is 2. The van der Waals surface area contributed by atoms with Crippen molar-refractivity contribution in [1.82, 2.24) is 19.9 Å². The molecule has 72 heavy (non-hydrogen) atoms. The van der Waals surface area contributed by atoms with Crippen LogP contribution in [0.1, 0.15) is 22.8 Å². The lowest BCUT2D eigenvalue weighted by Crippen LogP contribution is -2.03. The monoisotopic (exact) mass is 1050 g/mol. The van der Waals surface area contributed by atoms with Gasteiger partial charge in [0.1, 0.15) is 42.6 Å². The summed E-state index contributed by atoms with van der Waals surface area (Å²) in [5.41, 5.74) is 0.173. The van der Waals surface area contributed by atoms with Crippen molar-refractivity contribution in [1.29, 1.82) is 0 Å². The first-order chi connectivity index (χ1) is 34.0. The molecule has 6 N–H and O–H groups in total. The number of nitrogens with zero attached hydrogens (tertiary/aromatic N) is 2. The molecule has 0 saturated heterocycles. The highest BCUT2D eigenvalue weighted by atomic mass is 32.2. The number of H-pyrrole nitrogens is 2. The lowest BCUT2D eigenvalue weighted by Gasteiger charge is -2.13. The van der Waals surface area contributed by atoms with E-state index in [4.69, 9.17) is 28.9 Å². The Morgan fingerprint density at radius 3 is 0.736 bits per heavy atom. The van der Waals surface area contributed by atoms with Crippen molar-refractivity contribution < 1.29 is 70.8 Å². The van der Waals surface area contributed by atoms with E-state index in [1.807, 2.05) is 0 Å². The molecule has 0 unspecified atom stereocenters. The molecule has 0 atom stereocenters. The summed E-state index contributed by atoms with van der Waals surface area (Å²) < 4.78 is 170. The quantitative estimate of drug-likeness (QED) is 0.0626. The fourth-order valence-electron chi connectivity index (χ4n) is 8.54. The summed E-state index contributed by atoms with van der Waals surface area (Å²) in [7, 11) is -15.0. The minimum absolute atomic E-state index is 0.0216. The molecule has 370 valence electrons. The zero-order valence-corrected chi connectivity index (χ0v) is 41.0. The maximum atomic E-state index is 13.2. The van der Waals surface area contributed by atoms with E-state index >= 15 is 0 Å². The van der Waals surface area contributed by atoms with Crippen LogP contribution < -0.4 is 18.9 Å². The molecule has 0 radical (unpaired) electrons. The fraction of sp³-hybridized carbons (Fsp3) is 0.0833. The molecule has 0 fully saturated rings. The number of benzene rings is 4. The van der Waals surface area contributed by atoms with Crippen molar-refractivity contribution in [2.24, 2.45) is 0 Å². The van der Waals surface area contributed by atoms with Gasteiger partial charge < -0.3 is 28.9 Å². The van der Waals surface area contributed by atoms with E-state index in [0.717, 1.165) is 24.3 Å². The normalized spacial score (nSPS) is 12.8. The van der Waals surface area contributed by atoms with Crippen molar-refractivity contribution in [3.8, 4) is 67.5 Å². The van der Waals surface area contributed by atoms with E-state index in [1.54, 1.807) is 0 Å². The van der Waals surface area contributed by atoms with Gasteiger partial charge in [0, 0.05) is 90.8 Å². The van der Waals surface area contributed by atoms with Crippen molar-refractivity contribution in [3.05, 3.63) is 120 Å². The molecule has 2 aliphatic heterocycles. The van der Waals surface area contributed by atoms with E-state index in [0.29, 0.717) is 0 Å². The van der Waals surface area contributed by atoms with E-state index in [1.165, 1.54) is 126 Å². The summed E-state index contributed by atoms with van der Waals surface area (Å²) >= 11 is 0. The Labute approximate surface area is 410 Å². The topological polar surface area (TPSA) is 312 Å². The molecule has 0 saturated carbocycles. The molecule has 0 aliphatic carbocycles. The largest absolute Gasteiger partial charge is 0.497 e. The summed E-state index contributed by atoms with van der Waals surface area (Å²) in [6, 6.07) is 21.6. The Balaban J connectivity index is 1.57. The minimum Gasteiger partial charge on any atom is -0.497 e. The summed E-state index contributed by atoms with van der Waals surface area (Å²) in [6.07, 6.45) is 5.91. The number of ether oxygens (including phenoxy) is 4. The second-order valence-electron chi connectivity index (χ2n) is 15.9. The van der Waals surface area contributed by atoms with Gasteiger partial charge in [-0.05, 0) is 97.1 Å². The van der Waals surface area contributed by atoms with E-state index in [9.17, 15) is 51.9 Å². The molecule has 7 aromatic rings. The average molecular weight is 1060 g/mol. The van der Waals surface area contributed by atoms with Gasteiger partial charge in [0.2, 0.25) is 0 Å². The Hall–Kier alpha value is -7.68. The van der Waals surface area contributed by atoms with Gasteiger partial charge in [-0.1, -0.05) is 0 Å². The van der Waals surface area contributed by atoms with Crippen LogP contribution in [0.3, 0.4) is 0 Å². The van der Waals surface area contributed by atoms with Gasteiger partial charge in [0.05, 0.1) is 51.2 Å². The van der Waals surface area contributed by atoms with Gasteiger partial charge in [-0.15, -0.1) is 0 Å². The third-order valence-electron chi connectivity index (χ3n) is 11.7. The summed E-state index contributed by atoms with van der Waals surface area (Å²) in [5, 5.41) is 0. The molecule has 2 aliphatic rings. The SMILES string of the molecule is COc1ccc(-c2c3nc(c(-c4ccc(OC)cc4S(=O)(=O)O)c4ccc([nH]4)c(-c4ccc(OC)cc4S(=O)(=O)O)c4nc(c(-c5ccc(OC)cc5S(=O)(=O)O)c5ccc2[nH]5)C=C4)C=C3)c(S(=O)(=O)O)c1. The smallest absolute Gasteiger partial charge is 0.295 e. The number of hydrogen-bond donors (Lipinski definition) is 6. The van der Waals surface area contributed by atoms with E-state index in [2.05, 4.69) is 9.97 Å². The molecular formula is C48H38N4O16S4. The average Bonchev–Trinajstić information content (AvgIpc) is 4.19. The van der Waals surface area contributed by atoms with Crippen molar-refractivity contribution >= 4 is 86.8 Å². The molecule has 0 spiro atoms. The number of fused-ring (bicyclic) bond motifs is 8. The molecule has 20 nitrogen and oxygen atoms in total. The number of aromatic nitrogens is 4. The standard InChI is InChI=1S/C48H38N4O16S4/c1-65-25-5-9-29(41(21-25)69(53,54)55)45-33-13-15-35(49-33)46(30-10-6-26(66-2)22-42(30)70(56,57)58)37-17-19-39(51-37)48(32-12-8-28(68-4)24-44(32)72(62,63)64)40-20-18-38(52-40)47(36-16-14-34(45)50-36)31-11-7-27(67-3)23-43(31)71(59,60)61/h5-24,49,52H,1-4H3,(H,53,54,55)(H,56,57,58)(H,59,60,61)(H,62,63,64). The predicted octanol–water partition coefficient (Wildman–Crippen LogP) is 8.34. The van der Waals surface area contributed by atoms with Crippen molar-refractivity contribution in [2.45, 2.75) is 19.6 Å². The van der Waals surface area contributed by atoms with Gasteiger partial charge >= 0.3 is 0 Å². The highest BCUT2D eigenvalue weighted by Crippen LogP contribution is 2.44. The Bertz CT molecular complexity index is 3640.